The smallest absolute Gasteiger partial charge is 0.317 e. The average molecular weight is 266 g/mol. The minimum Gasteiger partial charge on any atom is -0.376 e. The number of nitrogens with zero attached hydrogens (tertiary/aromatic N) is 3. The van der Waals surface area contributed by atoms with Crippen molar-refractivity contribution in [3.8, 4) is 0 Å². The van der Waals surface area contributed by atoms with Gasteiger partial charge in [0.1, 0.15) is 0 Å². The first kappa shape index (κ1) is 13.9. The third-order valence-electron chi connectivity index (χ3n) is 3.40. The Morgan fingerprint density at radius 1 is 1.74 bits per heavy atom. The summed E-state index contributed by atoms with van der Waals surface area (Å²) in [5.41, 5.74) is 1.02. The minimum atomic E-state index is -0.0770. The molecular formula is C13H22N4O2. The third-order valence-corrected chi connectivity index (χ3v) is 3.40. The fourth-order valence-electron chi connectivity index (χ4n) is 2.29. The maximum Gasteiger partial charge on any atom is 0.317 e. The van der Waals surface area contributed by atoms with Crippen LogP contribution < -0.4 is 5.32 Å². The first-order chi connectivity index (χ1) is 9.06. The molecule has 106 valence electrons. The Morgan fingerprint density at radius 3 is 3.11 bits per heavy atom. The summed E-state index contributed by atoms with van der Waals surface area (Å²) in [4.78, 5) is 13.7. The number of aryl methyl sites for hydroxylation is 1. The van der Waals surface area contributed by atoms with Crippen molar-refractivity contribution in [3.05, 3.63) is 18.0 Å². The summed E-state index contributed by atoms with van der Waals surface area (Å²) in [6.07, 6.45) is 5.93. The lowest BCUT2D eigenvalue weighted by molar-refractivity contribution is 0.0838. The molecule has 0 radical (unpaired) electrons. The molecule has 2 rings (SSSR count). The fraction of sp³-hybridized carbons (Fsp3) is 0.692. The van der Waals surface area contributed by atoms with Gasteiger partial charge in [0.2, 0.25) is 0 Å². The van der Waals surface area contributed by atoms with Crippen molar-refractivity contribution in [2.75, 3.05) is 13.7 Å². The topological polar surface area (TPSA) is 59.4 Å². The number of carbonyl (C=O) groups is 1. The molecule has 0 saturated carbocycles. The molecule has 1 N–H and O–H groups in total. The Kier molecular flexibility index (Phi) is 4.42. The van der Waals surface area contributed by atoms with E-state index in [4.69, 9.17) is 4.74 Å². The van der Waals surface area contributed by atoms with Gasteiger partial charge in [-0.1, -0.05) is 0 Å². The van der Waals surface area contributed by atoms with Crippen LogP contribution in [0, 0.1) is 0 Å². The Balaban J connectivity index is 1.81. The molecule has 0 spiro atoms. The van der Waals surface area contributed by atoms with E-state index in [-0.39, 0.29) is 18.2 Å². The quantitative estimate of drug-likeness (QED) is 0.888. The molecule has 0 bridgehead atoms. The minimum absolute atomic E-state index is 0.0475. The van der Waals surface area contributed by atoms with E-state index in [2.05, 4.69) is 10.4 Å². The number of rotatable bonds is 4. The zero-order chi connectivity index (χ0) is 13.8. The van der Waals surface area contributed by atoms with Crippen LogP contribution in [0.15, 0.2) is 12.4 Å². The number of carbonyl (C=O) groups excluding carboxylic acids is 1. The number of aromatic nitrogens is 2. The van der Waals surface area contributed by atoms with Gasteiger partial charge in [0.05, 0.1) is 24.9 Å². The molecule has 1 aromatic heterocycles. The summed E-state index contributed by atoms with van der Waals surface area (Å²) in [5, 5.41) is 7.07. The summed E-state index contributed by atoms with van der Waals surface area (Å²) in [6, 6.07) is -0.0294. The van der Waals surface area contributed by atoms with Crippen LogP contribution in [0.25, 0.3) is 0 Å². The highest BCUT2D eigenvalue weighted by Crippen LogP contribution is 2.15. The molecule has 19 heavy (non-hydrogen) atoms. The Labute approximate surface area is 113 Å². The van der Waals surface area contributed by atoms with Gasteiger partial charge in [-0.2, -0.15) is 5.10 Å². The molecular weight excluding hydrogens is 244 g/mol. The summed E-state index contributed by atoms with van der Waals surface area (Å²) < 4.78 is 7.30. The second-order valence-corrected chi connectivity index (χ2v) is 5.17. The lowest BCUT2D eigenvalue weighted by Crippen LogP contribution is -2.46. The highest BCUT2D eigenvalue weighted by atomic mass is 16.5. The number of nitrogens with one attached hydrogen (secondary N) is 1. The number of urea groups is 1. The van der Waals surface area contributed by atoms with Crippen LogP contribution in [0.5, 0.6) is 0 Å². The van der Waals surface area contributed by atoms with E-state index in [0.29, 0.717) is 6.54 Å². The molecule has 0 unspecified atom stereocenters. The normalized spacial score (nSPS) is 20.3. The zero-order valence-corrected chi connectivity index (χ0v) is 11.8. The second-order valence-electron chi connectivity index (χ2n) is 5.17. The van der Waals surface area contributed by atoms with Gasteiger partial charge in [-0.05, 0) is 19.8 Å². The summed E-state index contributed by atoms with van der Waals surface area (Å²) in [6.45, 7) is 3.35. The van der Waals surface area contributed by atoms with Crippen molar-refractivity contribution in [2.45, 2.75) is 38.5 Å². The van der Waals surface area contributed by atoms with Crippen molar-refractivity contribution in [3.63, 3.8) is 0 Å². The monoisotopic (exact) mass is 266 g/mol. The molecule has 1 aromatic rings. The lowest BCUT2D eigenvalue weighted by Gasteiger charge is -2.24. The standard InChI is InChI=1S/C13H22N4O2/c1-10(12-5-4-6-19-12)15-13(18)16(2)8-11-7-14-17(3)9-11/h7,9-10,12H,4-6,8H2,1-3H3,(H,15,18)/t10-,12+/m1/s1. The summed E-state index contributed by atoms with van der Waals surface area (Å²) >= 11 is 0. The van der Waals surface area contributed by atoms with E-state index < -0.39 is 0 Å². The third kappa shape index (κ3) is 3.70. The number of ether oxygens (including phenoxy) is 1. The van der Waals surface area contributed by atoms with E-state index in [9.17, 15) is 4.79 Å². The van der Waals surface area contributed by atoms with E-state index in [1.807, 2.05) is 20.2 Å². The fourth-order valence-corrected chi connectivity index (χ4v) is 2.29. The maximum atomic E-state index is 12.1. The Morgan fingerprint density at radius 2 is 2.53 bits per heavy atom. The molecule has 1 aliphatic rings. The van der Waals surface area contributed by atoms with E-state index >= 15 is 0 Å². The highest BCUT2D eigenvalue weighted by Gasteiger charge is 2.24. The number of amides is 2. The molecule has 2 heterocycles. The molecule has 2 atom stereocenters. The molecule has 0 aliphatic carbocycles. The average Bonchev–Trinajstić information content (AvgIpc) is 3.00. The number of hydrogen-bond donors (Lipinski definition) is 1. The van der Waals surface area contributed by atoms with Gasteiger partial charge in [0.25, 0.3) is 0 Å². The molecule has 2 amide bonds. The summed E-state index contributed by atoms with van der Waals surface area (Å²) in [7, 11) is 3.65. The van der Waals surface area contributed by atoms with Crippen LogP contribution in [0.3, 0.4) is 0 Å². The first-order valence-corrected chi connectivity index (χ1v) is 6.67. The van der Waals surface area contributed by atoms with Crippen LogP contribution in [0.1, 0.15) is 25.3 Å². The van der Waals surface area contributed by atoms with Crippen molar-refractivity contribution in [1.82, 2.24) is 20.0 Å². The largest absolute Gasteiger partial charge is 0.376 e. The van der Waals surface area contributed by atoms with Gasteiger partial charge in [-0.25, -0.2) is 4.79 Å². The molecule has 1 saturated heterocycles. The molecule has 6 heteroatoms. The molecule has 6 nitrogen and oxygen atoms in total. The van der Waals surface area contributed by atoms with E-state index in [1.54, 1.807) is 22.8 Å². The van der Waals surface area contributed by atoms with Gasteiger partial charge in [0, 0.05) is 32.5 Å². The SMILES string of the molecule is C[C@@H](NC(=O)N(C)Cc1cnn(C)c1)[C@@H]1CCCO1. The van der Waals surface area contributed by atoms with Crippen molar-refractivity contribution in [2.24, 2.45) is 7.05 Å². The van der Waals surface area contributed by atoms with E-state index in [1.165, 1.54) is 0 Å². The number of hydrogen-bond acceptors (Lipinski definition) is 3. The van der Waals surface area contributed by atoms with Crippen molar-refractivity contribution in [1.29, 1.82) is 0 Å². The van der Waals surface area contributed by atoms with Gasteiger partial charge in [-0.15, -0.1) is 0 Å². The lowest BCUT2D eigenvalue weighted by atomic mass is 10.1. The zero-order valence-electron chi connectivity index (χ0n) is 11.8. The highest BCUT2D eigenvalue weighted by molar-refractivity contribution is 5.74. The van der Waals surface area contributed by atoms with Gasteiger partial charge >= 0.3 is 6.03 Å². The van der Waals surface area contributed by atoms with Gasteiger partial charge in [0.15, 0.2) is 0 Å². The summed E-state index contributed by atoms with van der Waals surface area (Å²) in [5.74, 6) is 0. The molecule has 1 aliphatic heterocycles. The second kappa shape index (κ2) is 6.06. The van der Waals surface area contributed by atoms with Gasteiger partial charge < -0.3 is 15.0 Å². The van der Waals surface area contributed by atoms with Crippen LogP contribution in [-0.2, 0) is 18.3 Å². The molecule has 1 fully saturated rings. The van der Waals surface area contributed by atoms with E-state index in [0.717, 1.165) is 25.0 Å². The van der Waals surface area contributed by atoms with Crippen molar-refractivity contribution < 1.29 is 9.53 Å². The van der Waals surface area contributed by atoms with Crippen LogP contribution in [-0.4, -0.2) is 46.5 Å². The maximum absolute atomic E-state index is 12.1. The van der Waals surface area contributed by atoms with Crippen LogP contribution in [0.4, 0.5) is 4.79 Å². The van der Waals surface area contributed by atoms with Gasteiger partial charge in [-0.3, -0.25) is 4.68 Å². The Hall–Kier alpha value is -1.56. The predicted octanol–water partition coefficient (Wildman–Crippen LogP) is 1.13. The molecule has 0 aromatic carbocycles. The van der Waals surface area contributed by atoms with Crippen LogP contribution in [0.2, 0.25) is 0 Å². The van der Waals surface area contributed by atoms with Crippen molar-refractivity contribution >= 4 is 6.03 Å². The Bertz CT molecular complexity index is 426. The van der Waals surface area contributed by atoms with Crippen LogP contribution >= 0.6 is 0 Å². The predicted molar refractivity (Wildman–Crippen MR) is 71.6 cm³/mol. The first-order valence-electron chi connectivity index (χ1n) is 6.67.